The molecule has 3 aromatic rings. The molecule has 0 amide bonds. The second kappa shape index (κ2) is 5.48. The number of para-hydroxylation sites is 1. The van der Waals surface area contributed by atoms with Crippen molar-refractivity contribution in [3.05, 3.63) is 58.9 Å². The van der Waals surface area contributed by atoms with Crippen molar-refractivity contribution in [2.24, 2.45) is 0 Å². The topological polar surface area (TPSA) is 50.7 Å². The van der Waals surface area contributed by atoms with Crippen LogP contribution in [-0.4, -0.2) is 22.2 Å². The monoisotopic (exact) mass is 278 g/mol. The number of nitrogens with one attached hydrogen (secondary N) is 1. The van der Waals surface area contributed by atoms with Crippen LogP contribution < -0.4 is 5.32 Å². The Morgan fingerprint density at radius 1 is 0.952 bits per heavy atom. The number of rotatable bonds is 3. The van der Waals surface area contributed by atoms with Crippen molar-refractivity contribution in [2.75, 3.05) is 12.4 Å². The number of fused-ring (bicyclic) bond motifs is 1. The maximum atomic E-state index is 4.70. The van der Waals surface area contributed by atoms with Gasteiger partial charge < -0.3 is 5.32 Å². The zero-order valence-electron chi connectivity index (χ0n) is 12.5. The SMILES string of the molecule is CNc1nnc(Cc2ccc3ccccc3n2)c(C)c1C. The van der Waals surface area contributed by atoms with Crippen LogP contribution in [0.15, 0.2) is 36.4 Å². The van der Waals surface area contributed by atoms with Crippen LogP contribution in [-0.2, 0) is 6.42 Å². The van der Waals surface area contributed by atoms with E-state index in [1.807, 2.05) is 25.2 Å². The van der Waals surface area contributed by atoms with Gasteiger partial charge in [-0.25, -0.2) is 0 Å². The molecule has 4 nitrogen and oxygen atoms in total. The maximum Gasteiger partial charge on any atom is 0.151 e. The van der Waals surface area contributed by atoms with Gasteiger partial charge in [0.2, 0.25) is 0 Å². The molecule has 0 saturated heterocycles. The average molecular weight is 278 g/mol. The number of benzene rings is 1. The highest BCUT2D eigenvalue weighted by atomic mass is 15.2. The number of hydrogen-bond donors (Lipinski definition) is 1. The van der Waals surface area contributed by atoms with Gasteiger partial charge in [0.15, 0.2) is 5.82 Å². The summed E-state index contributed by atoms with van der Waals surface area (Å²) in [5, 5.41) is 12.8. The first-order chi connectivity index (χ1) is 10.2. The second-order valence-corrected chi connectivity index (χ2v) is 5.17. The van der Waals surface area contributed by atoms with Crippen LogP contribution in [0, 0.1) is 13.8 Å². The number of anilines is 1. The molecule has 0 saturated carbocycles. The molecule has 0 aliphatic carbocycles. The van der Waals surface area contributed by atoms with Crippen molar-refractivity contribution < 1.29 is 0 Å². The van der Waals surface area contributed by atoms with Gasteiger partial charge in [-0.1, -0.05) is 24.3 Å². The minimum atomic E-state index is 0.703. The summed E-state index contributed by atoms with van der Waals surface area (Å²) in [7, 11) is 1.86. The average Bonchev–Trinajstić information content (AvgIpc) is 2.52. The standard InChI is InChI=1S/C17H18N4/c1-11-12(2)17(18-3)21-20-16(11)10-14-9-8-13-6-4-5-7-15(13)19-14/h4-9H,10H2,1-3H3,(H,18,21). The van der Waals surface area contributed by atoms with Gasteiger partial charge in [0.05, 0.1) is 11.2 Å². The molecule has 0 atom stereocenters. The first kappa shape index (κ1) is 13.5. The van der Waals surface area contributed by atoms with Crippen molar-refractivity contribution in [3.63, 3.8) is 0 Å². The molecule has 21 heavy (non-hydrogen) atoms. The lowest BCUT2D eigenvalue weighted by Gasteiger charge is -2.10. The van der Waals surface area contributed by atoms with Crippen molar-refractivity contribution >= 4 is 16.7 Å². The summed E-state index contributed by atoms with van der Waals surface area (Å²) in [6, 6.07) is 12.3. The zero-order valence-corrected chi connectivity index (χ0v) is 12.5. The Labute approximate surface area is 124 Å². The summed E-state index contributed by atoms with van der Waals surface area (Å²) in [5.41, 5.74) is 5.33. The predicted octanol–water partition coefficient (Wildman–Crippen LogP) is 3.27. The summed E-state index contributed by atoms with van der Waals surface area (Å²) in [5.74, 6) is 0.836. The largest absolute Gasteiger partial charge is 0.371 e. The van der Waals surface area contributed by atoms with Gasteiger partial charge >= 0.3 is 0 Å². The number of nitrogens with zero attached hydrogens (tertiary/aromatic N) is 3. The van der Waals surface area contributed by atoms with Crippen molar-refractivity contribution in [2.45, 2.75) is 20.3 Å². The third-order valence-electron chi connectivity index (χ3n) is 3.86. The van der Waals surface area contributed by atoms with Crippen LogP contribution in [0.3, 0.4) is 0 Å². The molecular formula is C17H18N4. The van der Waals surface area contributed by atoms with E-state index < -0.39 is 0 Å². The lowest BCUT2D eigenvalue weighted by Crippen LogP contribution is -2.06. The molecule has 2 aromatic heterocycles. The fourth-order valence-electron chi connectivity index (χ4n) is 2.44. The van der Waals surface area contributed by atoms with E-state index in [1.54, 1.807) is 0 Å². The van der Waals surface area contributed by atoms with Crippen LogP contribution in [0.2, 0.25) is 0 Å². The molecule has 0 fully saturated rings. The quantitative estimate of drug-likeness (QED) is 0.799. The Morgan fingerprint density at radius 2 is 1.76 bits per heavy atom. The lowest BCUT2D eigenvalue weighted by atomic mass is 10.1. The van der Waals surface area contributed by atoms with Crippen molar-refractivity contribution in [3.8, 4) is 0 Å². The minimum Gasteiger partial charge on any atom is -0.371 e. The molecule has 106 valence electrons. The summed E-state index contributed by atoms with van der Waals surface area (Å²) >= 11 is 0. The second-order valence-electron chi connectivity index (χ2n) is 5.17. The van der Waals surface area contributed by atoms with Gasteiger partial charge in [-0.3, -0.25) is 4.98 Å². The Bertz CT molecular complexity index is 796. The first-order valence-corrected chi connectivity index (χ1v) is 7.04. The van der Waals surface area contributed by atoms with Crippen LogP contribution in [0.1, 0.15) is 22.5 Å². The molecule has 0 bridgehead atoms. The Hall–Kier alpha value is -2.49. The Kier molecular flexibility index (Phi) is 3.52. The predicted molar refractivity (Wildman–Crippen MR) is 85.6 cm³/mol. The highest BCUT2D eigenvalue weighted by Crippen LogP contribution is 2.20. The molecule has 0 aliphatic heterocycles. The van der Waals surface area contributed by atoms with Crippen LogP contribution >= 0.6 is 0 Å². The summed E-state index contributed by atoms with van der Waals surface area (Å²) in [6.45, 7) is 4.15. The smallest absolute Gasteiger partial charge is 0.151 e. The van der Waals surface area contributed by atoms with E-state index in [9.17, 15) is 0 Å². The Balaban J connectivity index is 1.96. The van der Waals surface area contributed by atoms with E-state index in [4.69, 9.17) is 4.98 Å². The summed E-state index contributed by atoms with van der Waals surface area (Å²) in [6.07, 6.45) is 0.703. The molecular weight excluding hydrogens is 260 g/mol. The van der Waals surface area contributed by atoms with Gasteiger partial charge in [0, 0.05) is 24.5 Å². The molecule has 0 unspecified atom stereocenters. The number of pyridine rings is 1. The van der Waals surface area contributed by atoms with Crippen molar-refractivity contribution in [1.29, 1.82) is 0 Å². The third-order valence-corrected chi connectivity index (χ3v) is 3.86. The van der Waals surface area contributed by atoms with E-state index in [-0.39, 0.29) is 0 Å². The van der Waals surface area contributed by atoms with E-state index >= 15 is 0 Å². The summed E-state index contributed by atoms with van der Waals surface area (Å²) < 4.78 is 0. The van der Waals surface area contributed by atoms with E-state index in [0.717, 1.165) is 33.7 Å². The van der Waals surface area contributed by atoms with Gasteiger partial charge in [0.1, 0.15) is 0 Å². The normalized spacial score (nSPS) is 10.8. The molecule has 3 rings (SSSR count). The fourth-order valence-corrected chi connectivity index (χ4v) is 2.44. The molecule has 4 heteroatoms. The van der Waals surface area contributed by atoms with Gasteiger partial charge in [-0.2, -0.15) is 5.10 Å². The Morgan fingerprint density at radius 3 is 2.57 bits per heavy atom. The van der Waals surface area contributed by atoms with Gasteiger partial charge in [-0.05, 0) is 37.1 Å². The third kappa shape index (κ3) is 2.57. The molecule has 0 spiro atoms. The maximum absolute atomic E-state index is 4.70. The molecule has 2 heterocycles. The highest BCUT2D eigenvalue weighted by molar-refractivity contribution is 5.78. The first-order valence-electron chi connectivity index (χ1n) is 7.04. The number of aromatic nitrogens is 3. The lowest BCUT2D eigenvalue weighted by molar-refractivity contribution is 0.896. The minimum absolute atomic E-state index is 0.703. The zero-order chi connectivity index (χ0) is 14.8. The highest BCUT2D eigenvalue weighted by Gasteiger charge is 2.10. The summed E-state index contributed by atoms with van der Waals surface area (Å²) in [4.78, 5) is 4.70. The fraction of sp³-hybridized carbons (Fsp3) is 0.235. The van der Waals surface area contributed by atoms with E-state index in [1.165, 1.54) is 5.56 Å². The molecule has 0 aliphatic rings. The van der Waals surface area contributed by atoms with Crippen LogP contribution in [0.4, 0.5) is 5.82 Å². The van der Waals surface area contributed by atoms with E-state index in [2.05, 4.69) is 47.6 Å². The molecule has 1 N–H and O–H groups in total. The van der Waals surface area contributed by atoms with Gasteiger partial charge in [0.25, 0.3) is 0 Å². The van der Waals surface area contributed by atoms with Crippen LogP contribution in [0.5, 0.6) is 0 Å². The molecule has 0 radical (unpaired) electrons. The van der Waals surface area contributed by atoms with E-state index in [0.29, 0.717) is 6.42 Å². The van der Waals surface area contributed by atoms with Crippen molar-refractivity contribution in [1.82, 2.24) is 15.2 Å². The van der Waals surface area contributed by atoms with Crippen LogP contribution in [0.25, 0.3) is 10.9 Å². The van der Waals surface area contributed by atoms with Gasteiger partial charge in [-0.15, -0.1) is 5.10 Å². The molecule has 1 aromatic carbocycles. The number of hydrogen-bond acceptors (Lipinski definition) is 4.